The van der Waals surface area contributed by atoms with Crippen LogP contribution in [-0.2, 0) is 10.8 Å². The van der Waals surface area contributed by atoms with Crippen LogP contribution >= 0.6 is 0 Å². The zero-order valence-electron chi connectivity index (χ0n) is 27.5. The molecule has 5 aromatic rings. The minimum atomic E-state index is -0.157. The highest BCUT2D eigenvalue weighted by molar-refractivity contribution is 5.92. The van der Waals surface area contributed by atoms with E-state index in [0.29, 0.717) is 17.4 Å². The molecule has 5 rings (SSSR count). The molecule has 2 heterocycles. The third kappa shape index (κ3) is 6.09. The van der Waals surface area contributed by atoms with Crippen LogP contribution in [0.15, 0.2) is 79.0 Å². The van der Waals surface area contributed by atoms with Gasteiger partial charge < -0.3 is 5.11 Å². The molecule has 0 bridgehead atoms. The smallest absolute Gasteiger partial charge is 0.142 e. The van der Waals surface area contributed by atoms with Gasteiger partial charge in [-0.25, -0.2) is 4.98 Å². The molecule has 0 unspecified atom stereocenters. The van der Waals surface area contributed by atoms with Gasteiger partial charge in [0.05, 0.1) is 11.4 Å². The Morgan fingerprint density at radius 3 is 1.77 bits per heavy atom. The number of hydrogen-bond acceptors (Lipinski definition) is 3. The summed E-state index contributed by atoms with van der Waals surface area (Å²) in [7, 11) is 0. The first-order valence-electron chi connectivity index (χ1n) is 15.5. The fourth-order valence-corrected chi connectivity index (χ4v) is 6.00. The van der Waals surface area contributed by atoms with Crippen LogP contribution in [0.1, 0.15) is 103 Å². The van der Waals surface area contributed by atoms with Gasteiger partial charge in [-0.15, -0.1) is 0 Å². The highest BCUT2D eigenvalue weighted by Crippen LogP contribution is 2.42. The van der Waals surface area contributed by atoms with Gasteiger partial charge in [0.1, 0.15) is 11.3 Å². The number of nitrogens with zero attached hydrogens (tertiary/aromatic N) is 2. The van der Waals surface area contributed by atoms with E-state index in [4.69, 9.17) is 9.97 Å². The van der Waals surface area contributed by atoms with Gasteiger partial charge in [-0.1, -0.05) is 93.5 Å². The van der Waals surface area contributed by atoms with Crippen LogP contribution in [0.5, 0.6) is 5.75 Å². The van der Waals surface area contributed by atoms with E-state index in [2.05, 4.69) is 124 Å². The minimum absolute atomic E-state index is 0.0939. The van der Waals surface area contributed by atoms with Crippen molar-refractivity contribution in [1.82, 2.24) is 9.97 Å². The van der Waals surface area contributed by atoms with E-state index in [1.54, 1.807) is 0 Å². The molecule has 0 radical (unpaired) electrons. The number of rotatable bonds is 5. The van der Waals surface area contributed by atoms with Crippen molar-refractivity contribution < 1.29 is 5.11 Å². The zero-order chi connectivity index (χ0) is 31.3. The molecule has 3 nitrogen and oxygen atoms in total. The summed E-state index contributed by atoms with van der Waals surface area (Å²) >= 11 is 0. The molecular weight excluding hydrogens is 524 g/mol. The molecule has 1 N–H and O–H groups in total. The monoisotopic (exact) mass is 570 g/mol. The second kappa shape index (κ2) is 11.3. The maximum atomic E-state index is 11.4. The first kappa shape index (κ1) is 30.5. The van der Waals surface area contributed by atoms with Crippen molar-refractivity contribution in [1.29, 1.82) is 0 Å². The highest BCUT2D eigenvalue weighted by Gasteiger charge is 2.25. The summed E-state index contributed by atoms with van der Waals surface area (Å²) in [6.07, 6.45) is 1.85. The normalized spacial score (nSPS) is 12.5. The summed E-state index contributed by atoms with van der Waals surface area (Å²) in [5, 5.41) is 12.4. The van der Waals surface area contributed by atoms with Crippen LogP contribution < -0.4 is 0 Å². The lowest BCUT2D eigenvalue weighted by Gasteiger charge is -2.26. The first-order chi connectivity index (χ1) is 20.1. The summed E-state index contributed by atoms with van der Waals surface area (Å²) < 4.78 is 0. The van der Waals surface area contributed by atoms with Crippen LogP contribution in [0.4, 0.5) is 0 Å². The lowest BCUT2D eigenvalue weighted by atomic mass is 9.80. The molecule has 0 aliphatic heterocycles. The largest absolute Gasteiger partial charge is 0.506 e. The van der Waals surface area contributed by atoms with Crippen LogP contribution in [0, 0.1) is 0 Å². The van der Waals surface area contributed by atoms with Gasteiger partial charge in [-0.05, 0) is 105 Å². The van der Waals surface area contributed by atoms with Crippen molar-refractivity contribution in [3.63, 3.8) is 0 Å². The summed E-state index contributed by atoms with van der Waals surface area (Å²) in [5.41, 5.74) is 11.6. The van der Waals surface area contributed by atoms with Crippen molar-refractivity contribution in [3.05, 3.63) is 101 Å². The molecule has 0 aliphatic rings. The van der Waals surface area contributed by atoms with Gasteiger partial charge >= 0.3 is 0 Å². The van der Waals surface area contributed by atoms with Gasteiger partial charge in [0.25, 0.3) is 0 Å². The second-order valence-electron chi connectivity index (χ2n) is 14.6. The maximum Gasteiger partial charge on any atom is 0.142 e. The Bertz CT molecular complexity index is 1760. The fourth-order valence-electron chi connectivity index (χ4n) is 6.00. The van der Waals surface area contributed by atoms with Crippen molar-refractivity contribution in [2.45, 2.75) is 91.9 Å². The van der Waals surface area contributed by atoms with E-state index < -0.39 is 0 Å². The Labute approximate surface area is 258 Å². The number of aromatic hydroxyl groups is 1. The van der Waals surface area contributed by atoms with E-state index in [-0.39, 0.29) is 16.6 Å². The molecular formula is C40H46N2O. The minimum Gasteiger partial charge on any atom is -0.506 e. The molecule has 0 aliphatic carbocycles. The molecule has 0 fully saturated rings. The summed E-state index contributed by atoms with van der Waals surface area (Å²) in [4.78, 5) is 9.88. The van der Waals surface area contributed by atoms with Gasteiger partial charge in [-0.2, -0.15) is 0 Å². The van der Waals surface area contributed by atoms with Gasteiger partial charge in [0.2, 0.25) is 0 Å². The van der Waals surface area contributed by atoms with Crippen LogP contribution in [0.3, 0.4) is 0 Å². The topological polar surface area (TPSA) is 46.0 Å². The highest BCUT2D eigenvalue weighted by atomic mass is 16.3. The number of phenols is 1. The molecule has 0 spiro atoms. The number of pyridine rings is 2. The SMILES string of the molecule is CC(C)c1cccc(C(C)C)c1-c1cc(-c2ccccn2)cc(-c2cc(C(C)(C)C)c3cc(C(C)(C)C)cc(O)c3n2)c1. The Morgan fingerprint density at radius 2 is 1.23 bits per heavy atom. The van der Waals surface area contributed by atoms with Crippen molar-refractivity contribution >= 4 is 10.9 Å². The van der Waals surface area contributed by atoms with Crippen molar-refractivity contribution in [2.24, 2.45) is 0 Å². The van der Waals surface area contributed by atoms with Gasteiger partial charge in [-0.3, -0.25) is 4.98 Å². The number of fused-ring (bicyclic) bond motifs is 1. The van der Waals surface area contributed by atoms with Crippen LogP contribution in [0.2, 0.25) is 0 Å². The molecule has 222 valence electrons. The molecule has 43 heavy (non-hydrogen) atoms. The Hall–Kier alpha value is -3.98. The van der Waals surface area contributed by atoms with Crippen molar-refractivity contribution in [2.75, 3.05) is 0 Å². The van der Waals surface area contributed by atoms with E-state index in [0.717, 1.165) is 39.0 Å². The predicted molar refractivity (Wildman–Crippen MR) is 183 cm³/mol. The predicted octanol–water partition coefficient (Wildman–Crippen LogP) is 11.2. The molecule has 0 amide bonds. The number of benzene rings is 3. The Kier molecular flexibility index (Phi) is 7.98. The average Bonchev–Trinajstić information content (AvgIpc) is 2.95. The van der Waals surface area contributed by atoms with Crippen molar-refractivity contribution in [3.8, 4) is 39.4 Å². The fraction of sp³-hybridized carbons (Fsp3) is 0.350. The van der Waals surface area contributed by atoms with E-state index in [1.807, 2.05) is 24.4 Å². The maximum absolute atomic E-state index is 11.4. The Balaban J connectivity index is 1.86. The summed E-state index contributed by atoms with van der Waals surface area (Å²) in [6, 6.07) is 25.8. The summed E-state index contributed by atoms with van der Waals surface area (Å²) in [6.45, 7) is 22.3. The summed E-state index contributed by atoms with van der Waals surface area (Å²) in [5.74, 6) is 0.968. The van der Waals surface area contributed by atoms with Gasteiger partial charge in [0, 0.05) is 22.7 Å². The molecule has 3 aromatic carbocycles. The average molecular weight is 571 g/mol. The lowest BCUT2D eigenvalue weighted by Crippen LogP contribution is -2.15. The van der Waals surface area contributed by atoms with Crippen LogP contribution in [-0.4, -0.2) is 15.1 Å². The lowest BCUT2D eigenvalue weighted by molar-refractivity contribution is 0.476. The molecule has 0 atom stereocenters. The number of phenolic OH excluding ortho intramolecular Hbond substituents is 1. The molecule has 3 heteroatoms. The third-order valence-corrected chi connectivity index (χ3v) is 8.42. The zero-order valence-corrected chi connectivity index (χ0v) is 27.5. The first-order valence-corrected chi connectivity index (χ1v) is 15.5. The standard InChI is InChI=1S/C40H46N2O/c1-24(2)30-14-13-15-31(25(3)4)37(30)28-19-26(34-16-11-12-17-41-34)18-27(20-28)35-23-33(40(8,9)10)32-21-29(39(5,6)7)22-36(43)38(32)42-35/h11-25,43H,1-10H3. The Morgan fingerprint density at radius 1 is 0.628 bits per heavy atom. The van der Waals surface area contributed by atoms with Crippen LogP contribution in [0.25, 0.3) is 44.5 Å². The van der Waals surface area contributed by atoms with Gasteiger partial charge in [0.15, 0.2) is 0 Å². The van der Waals surface area contributed by atoms with E-state index >= 15 is 0 Å². The molecule has 0 saturated carbocycles. The molecule has 0 saturated heterocycles. The number of hydrogen-bond donors (Lipinski definition) is 1. The third-order valence-electron chi connectivity index (χ3n) is 8.42. The quantitative estimate of drug-likeness (QED) is 0.229. The number of aromatic nitrogens is 2. The van der Waals surface area contributed by atoms with E-state index in [9.17, 15) is 5.11 Å². The van der Waals surface area contributed by atoms with E-state index in [1.165, 1.54) is 22.3 Å². The second-order valence-corrected chi connectivity index (χ2v) is 14.6. The molecule has 2 aromatic heterocycles.